The summed E-state index contributed by atoms with van der Waals surface area (Å²) in [5.74, 6) is 0.121. The molecule has 11 heteroatoms. The summed E-state index contributed by atoms with van der Waals surface area (Å²) in [5, 5.41) is 0. The lowest BCUT2D eigenvalue weighted by Crippen LogP contribution is -2.33. The lowest BCUT2D eigenvalue weighted by Gasteiger charge is -2.20. The number of alkyl halides is 3. The lowest BCUT2D eigenvalue weighted by molar-refractivity contribution is -0.137. The van der Waals surface area contributed by atoms with Gasteiger partial charge < -0.3 is 10.5 Å². The Labute approximate surface area is 186 Å². The highest BCUT2D eigenvalue weighted by molar-refractivity contribution is 6.27. The van der Waals surface area contributed by atoms with Crippen molar-refractivity contribution in [3.8, 4) is 11.6 Å². The predicted octanol–water partition coefficient (Wildman–Crippen LogP) is 4.41. The quantitative estimate of drug-likeness (QED) is 0.570. The highest BCUT2D eigenvalue weighted by Gasteiger charge is 2.40. The fourth-order valence-corrected chi connectivity index (χ4v) is 3.45. The van der Waals surface area contributed by atoms with E-state index in [1.165, 1.54) is 24.4 Å². The summed E-state index contributed by atoms with van der Waals surface area (Å²) < 4.78 is 44.9. The second-order valence-electron chi connectivity index (χ2n) is 7.15. The van der Waals surface area contributed by atoms with Crippen LogP contribution in [0.3, 0.4) is 0 Å². The third-order valence-corrected chi connectivity index (χ3v) is 4.99. The standard InChI is InChI=1S/C22H18F3N5O3/c1-2-13-10-16(33-18-8-9-27-20(26)28-18)6-7-17(13)30-19(31)12-29(21(30)32)15-5-3-4-14(11-15)22(23,24)25/h3-11H,2,12H2,1H3,(H2,26,27,28). The molecule has 170 valence electrons. The number of aryl methyl sites for hydroxylation is 1. The van der Waals surface area contributed by atoms with Crippen molar-refractivity contribution in [2.24, 2.45) is 0 Å². The van der Waals surface area contributed by atoms with Gasteiger partial charge in [-0.05, 0) is 48.4 Å². The monoisotopic (exact) mass is 457 g/mol. The van der Waals surface area contributed by atoms with E-state index in [0.29, 0.717) is 23.4 Å². The van der Waals surface area contributed by atoms with Crippen LogP contribution in [0, 0.1) is 0 Å². The Hall–Kier alpha value is -4.15. The molecule has 2 N–H and O–H groups in total. The number of hydrogen-bond donors (Lipinski definition) is 1. The summed E-state index contributed by atoms with van der Waals surface area (Å²) in [6, 6.07) is 9.85. The largest absolute Gasteiger partial charge is 0.439 e. The summed E-state index contributed by atoms with van der Waals surface area (Å²) in [5.41, 5.74) is 5.59. The maximum absolute atomic E-state index is 13.1. The molecule has 1 fully saturated rings. The van der Waals surface area contributed by atoms with Crippen molar-refractivity contribution in [3.05, 3.63) is 65.9 Å². The number of imide groups is 1. The van der Waals surface area contributed by atoms with Crippen LogP contribution in [0.5, 0.6) is 11.6 Å². The van der Waals surface area contributed by atoms with Crippen LogP contribution in [0.25, 0.3) is 0 Å². The van der Waals surface area contributed by atoms with Crippen LogP contribution < -0.4 is 20.3 Å². The van der Waals surface area contributed by atoms with E-state index in [-0.39, 0.29) is 24.1 Å². The number of carbonyl (C=O) groups is 2. The summed E-state index contributed by atoms with van der Waals surface area (Å²) in [4.78, 5) is 35.5. The van der Waals surface area contributed by atoms with E-state index >= 15 is 0 Å². The number of nitrogens with zero attached hydrogens (tertiary/aromatic N) is 4. The molecule has 0 aliphatic carbocycles. The Morgan fingerprint density at radius 1 is 1.12 bits per heavy atom. The maximum Gasteiger partial charge on any atom is 0.416 e. The van der Waals surface area contributed by atoms with Crippen LogP contribution in [0.15, 0.2) is 54.7 Å². The minimum atomic E-state index is -4.57. The predicted molar refractivity (Wildman–Crippen MR) is 114 cm³/mol. The molecular formula is C22H18F3N5O3. The molecule has 0 spiro atoms. The highest BCUT2D eigenvalue weighted by atomic mass is 19.4. The molecule has 0 radical (unpaired) electrons. The molecule has 0 unspecified atom stereocenters. The number of carbonyl (C=O) groups excluding carboxylic acids is 2. The second-order valence-corrected chi connectivity index (χ2v) is 7.15. The third-order valence-electron chi connectivity index (χ3n) is 4.99. The summed E-state index contributed by atoms with van der Waals surface area (Å²) in [6.45, 7) is 1.46. The molecule has 1 saturated heterocycles. The number of amides is 3. The number of nitrogen functional groups attached to an aromatic ring is 1. The molecule has 0 atom stereocenters. The number of halogens is 3. The Kier molecular flexibility index (Phi) is 5.62. The van der Waals surface area contributed by atoms with Gasteiger partial charge in [0.2, 0.25) is 11.8 Å². The molecule has 1 aromatic heterocycles. The summed E-state index contributed by atoms with van der Waals surface area (Å²) in [6.07, 6.45) is -2.67. The molecule has 1 aliphatic rings. The van der Waals surface area contributed by atoms with E-state index in [1.54, 1.807) is 18.2 Å². The Morgan fingerprint density at radius 2 is 1.91 bits per heavy atom. The number of nitrogens with two attached hydrogens (primary N) is 1. The smallest absolute Gasteiger partial charge is 0.416 e. The molecular weight excluding hydrogens is 439 g/mol. The Morgan fingerprint density at radius 3 is 2.61 bits per heavy atom. The molecule has 8 nitrogen and oxygen atoms in total. The zero-order valence-corrected chi connectivity index (χ0v) is 17.3. The first kappa shape index (κ1) is 22.1. The maximum atomic E-state index is 13.1. The number of urea groups is 1. The first-order chi connectivity index (χ1) is 15.7. The van der Waals surface area contributed by atoms with Gasteiger partial charge in [0.25, 0.3) is 5.91 Å². The van der Waals surface area contributed by atoms with E-state index in [0.717, 1.165) is 21.9 Å². The van der Waals surface area contributed by atoms with Gasteiger partial charge in [-0.2, -0.15) is 18.2 Å². The minimum Gasteiger partial charge on any atom is -0.439 e. The summed E-state index contributed by atoms with van der Waals surface area (Å²) in [7, 11) is 0. The normalized spacial score (nSPS) is 14.2. The zero-order valence-electron chi connectivity index (χ0n) is 17.3. The highest BCUT2D eigenvalue weighted by Crippen LogP contribution is 2.35. The van der Waals surface area contributed by atoms with Crippen molar-refractivity contribution in [1.82, 2.24) is 9.97 Å². The van der Waals surface area contributed by atoms with Gasteiger partial charge in [-0.1, -0.05) is 13.0 Å². The van der Waals surface area contributed by atoms with Crippen LogP contribution in [-0.2, 0) is 17.4 Å². The number of anilines is 3. The van der Waals surface area contributed by atoms with Gasteiger partial charge in [0.05, 0.1) is 11.3 Å². The van der Waals surface area contributed by atoms with Crippen LogP contribution in [0.4, 0.5) is 35.3 Å². The van der Waals surface area contributed by atoms with E-state index in [2.05, 4.69) is 9.97 Å². The van der Waals surface area contributed by atoms with Gasteiger partial charge in [-0.3, -0.25) is 9.69 Å². The number of ether oxygens (including phenoxy) is 1. The molecule has 1 aliphatic heterocycles. The zero-order chi connectivity index (χ0) is 23.8. The second kappa shape index (κ2) is 8.41. The topological polar surface area (TPSA) is 102 Å². The first-order valence-corrected chi connectivity index (χ1v) is 9.88. The van der Waals surface area contributed by atoms with Gasteiger partial charge in [0.1, 0.15) is 12.3 Å². The van der Waals surface area contributed by atoms with Gasteiger partial charge >= 0.3 is 12.2 Å². The third kappa shape index (κ3) is 4.43. The number of hydrogen-bond acceptors (Lipinski definition) is 6. The fraction of sp³-hybridized carbons (Fsp3) is 0.182. The van der Waals surface area contributed by atoms with Gasteiger partial charge in [-0.25, -0.2) is 14.7 Å². The van der Waals surface area contributed by atoms with Crippen molar-refractivity contribution in [2.45, 2.75) is 19.5 Å². The Bertz CT molecular complexity index is 1230. The summed E-state index contributed by atoms with van der Waals surface area (Å²) >= 11 is 0. The van der Waals surface area contributed by atoms with Crippen LogP contribution in [-0.4, -0.2) is 28.5 Å². The molecule has 0 saturated carbocycles. The SMILES string of the molecule is CCc1cc(Oc2ccnc(N)n2)ccc1N1C(=O)CN(c2cccc(C(F)(F)F)c2)C1=O. The van der Waals surface area contributed by atoms with Crippen molar-refractivity contribution in [3.63, 3.8) is 0 Å². The molecule has 4 rings (SSSR count). The number of rotatable bonds is 5. The van der Waals surface area contributed by atoms with E-state index < -0.39 is 23.7 Å². The average Bonchev–Trinajstić information content (AvgIpc) is 3.07. The van der Waals surface area contributed by atoms with E-state index in [9.17, 15) is 22.8 Å². The van der Waals surface area contributed by atoms with E-state index in [1.807, 2.05) is 6.92 Å². The van der Waals surface area contributed by atoms with Gasteiger partial charge in [0.15, 0.2) is 0 Å². The van der Waals surface area contributed by atoms with Crippen molar-refractivity contribution in [1.29, 1.82) is 0 Å². The number of benzene rings is 2. The fourth-order valence-electron chi connectivity index (χ4n) is 3.45. The lowest BCUT2D eigenvalue weighted by atomic mass is 10.1. The molecule has 0 bridgehead atoms. The van der Waals surface area contributed by atoms with Crippen LogP contribution in [0.1, 0.15) is 18.1 Å². The number of aromatic nitrogens is 2. The van der Waals surface area contributed by atoms with Gasteiger partial charge in [0, 0.05) is 18.0 Å². The molecule has 2 aromatic carbocycles. The average molecular weight is 457 g/mol. The molecule has 2 heterocycles. The van der Waals surface area contributed by atoms with Crippen molar-refractivity contribution >= 4 is 29.3 Å². The molecule has 3 aromatic rings. The molecule has 3 amide bonds. The van der Waals surface area contributed by atoms with Crippen molar-refractivity contribution in [2.75, 3.05) is 22.1 Å². The van der Waals surface area contributed by atoms with E-state index in [4.69, 9.17) is 10.5 Å². The van der Waals surface area contributed by atoms with Gasteiger partial charge in [-0.15, -0.1) is 0 Å². The Balaban J connectivity index is 1.62. The molecule has 33 heavy (non-hydrogen) atoms. The van der Waals surface area contributed by atoms with Crippen LogP contribution in [0.2, 0.25) is 0 Å². The van der Waals surface area contributed by atoms with Crippen molar-refractivity contribution < 1.29 is 27.5 Å². The van der Waals surface area contributed by atoms with Crippen LogP contribution >= 0.6 is 0 Å². The first-order valence-electron chi connectivity index (χ1n) is 9.88. The minimum absolute atomic E-state index is 0.00923.